The van der Waals surface area contributed by atoms with Gasteiger partial charge in [0.1, 0.15) is 12.2 Å². The fraction of sp³-hybridized carbons (Fsp3) is 0.625. The molecule has 0 radical (unpaired) electrons. The van der Waals surface area contributed by atoms with Gasteiger partial charge in [0.15, 0.2) is 0 Å². The summed E-state index contributed by atoms with van der Waals surface area (Å²) in [6.07, 6.45) is 4.10. The largest absolute Gasteiger partial charge is 0.459 e. The third-order valence-corrected chi connectivity index (χ3v) is 2.71. The summed E-state index contributed by atoms with van der Waals surface area (Å²) in [5.41, 5.74) is 0.454. The van der Waals surface area contributed by atoms with Gasteiger partial charge in [-0.05, 0) is 18.9 Å². The highest BCUT2D eigenvalue weighted by Crippen LogP contribution is 2.47. The van der Waals surface area contributed by atoms with E-state index in [1.807, 2.05) is 6.08 Å². The lowest BCUT2D eigenvalue weighted by atomic mass is 9.89. The summed E-state index contributed by atoms with van der Waals surface area (Å²) in [7, 11) is 0. The van der Waals surface area contributed by atoms with Crippen molar-refractivity contribution in [2.45, 2.75) is 24.5 Å². The molecule has 0 aromatic carbocycles. The molecule has 0 saturated carbocycles. The number of carbonyl (C=O) groups excluding carboxylic acids is 1. The number of esters is 1. The maximum absolute atomic E-state index is 11.1. The summed E-state index contributed by atoms with van der Waals surface area (Å²) in [6, 6.07) is 0. The number of rotatable bonds is 0. The van der Waals surface area contributed by atoms with Gasteiger partial charge in [0.05, 0.1) is 11.7 Å². The van der Waals surface area contributed by atoms with Crippen LogP contribution in [0, 0.1) is 0 Å². The predicted octanol–water partition coefficient (Wildman–Crippen LogP) is 0.401. The van der Waals surface area contributed by atoms with Crippen LogP contribution in [0.25, 0.3) is 0 Å². The maximum atomic E-state index is 11.1. The topological polar surface area (TPSA) is 35.5 Å². The van der Waals surface area contributed by atoms with Gasteiger partial charge in [-0.15, -0.1) is 0 Å². The molecule has 58 valence electrons. The van der Waals surface area contributed by atoms with Gasteiger partial charge < -0.3 is 9.47 Å². The number of cyclic esters (lactones) is 1. The number of hydrogen-bond donors (Lipinski definition) is 0. The molecule has 0 amide bonds. The zero-order valence-electron chi connectivity index (χ0n) is 6.00. The van der Waals surface area contributed by atoms with Crippen LogP contribution >= 0.6 is 0 Å². The maximum Gasteiger partial charge on any atom is 0.336 e. The standard InChI is InChI=1S/C8H8O3/c9-7-6-3-5-1-2-8(6,11-5)4-10-7/h3,5H,1-2,4H2. The van der Waals surface area contributed by atoms with E-state index in [4.69, 9.17) is 9.47 Å². The first-order valence-corrected chi connectivity index (χ1v) is 3.87. The molecule has 2 saturated heterocycles. The molecule has 0 aromatic rings. The summed E-state index contributed by atoms with van der Waals surface area (Å²) < 4.78 is 10.5. The van der Waals surface area contributed by atoms with Crippen molar-refractivity contribution in [1.82, 2.24) is 0 Å². The lowest BCUT2D eigenvalue weighted by Crippen LogP contribution is -2.27. The normalized spacial score (nSPS) is 45.6. The molecular weight excluding hydrogens is 144 g/mol. The SMILES string of the molecule is O=C1OCC23CCC(C=C12)O3. The molecular formula is C8H8O3. The van der Waals surface area contributed by atoms with Crippen LogP contribution in [-0.2, 0) is 14.3 Å². The number of ether oxygens (including phenoxy) is 2. The van der Waals surface area contributed by atoms with Gasteiger partial charge in [0, 0.05) is 0 Å². The van der Waals surface area contributed by atoms with E-state index in [9.17, 15) is 4.79 Å². The molecule has 0 aliphatic carbocycles. The lowest BCUT2D eigenvalue weighted by molar-refractivity contribution is -0.136. The van der Waals surface area contributed by atoms with Crippen LogP contribution in [0.5, 0.6) is 0 Å². The lowest BCUT2D eigenvalue weighted by Gasteiger charge is -2.15. The first-order valence-electron chi connectivity index (χ1n) is 3.87. The Morgan fingerprint density at radius 2 is 2.55 bits per heavy atom. The minimum atomic E-state index is -0.318. The van der Waals surface area contributed by atoms with E-state index in [2.05, 4.69) is 0 Å². The monoisotopic (exact) mass is 152 g/mol. The zero-order chi connectivity index (χ0) is 7.47. The van der Waals surface area contributed by atoms with Crippen molar-refractivity contribution in [3.8, 4) is 0 Å². The van der Waals surface area contributed by atoms with Crippen molar-refractivity contribution in [2.24, 2.45) is 0 Å². The van der Waals surface area contributed by atoms with Crippen molar-refractivity contribution in [2.75, 3.05) is 6.61 Å². The summed E-state index contributed by atoms with van der Waals surface area (Å²) in [6.45, 7) is 0.439. The quantitative estimate of drug-likeness (QED) is 0.471. The molecule has 11 heavy (non-hydrogen) atoms. The Morgan fingerprint density at radius 3 is 3.27 bits per heavy atom. The fourth-order valence-electron chi connectivity index (χ4n) is 2.13. The predicted molar refractivity (Wildman–Crippen MR) is 35.9 cm³/mol. The minimum absolute atomic E-state index is 0.174. The summed E-state index contributed by atoms with van der Waals surface area (Å²) in [5, 5.41) is 0. The van der Waals surface area contributed by atoms with E-state index in [-0.39, 0.29) is 17.7 Å². The van der Waals surface area contributed by atoms with Crippen molar-refractivity contribution in [3.63, 3.8) is 0 Å². The van der Waals surface area contributed by atoms with E-state index < -0.39 is 0 Å². The van der Waals surface area contributed by atoms with E-state index in [1.54, 1.807) is 0 Å². The van der Waals surface area contributed by atoms with Crippen LogP contribution in [0.3, 0.4) is 0 Å². The number of fused-ring (bicyclic) bond motifs is 1. The average molecular weight is 152 g/mol. The zero-order valence-corrected chi connectivity index (χ0v) is 6.00. The molecule has 0 N–H and O–H groups in total. The van der Waals surface area contributed by atoms with Crippen LogP contribution in [0.2, 0.25) is 0 Å². The molecule has 3 heteroatoms. The van der Waals surface area contributed by atoms with Crippen molar-refractivity contribution < 1.29 is 14.3 Å². The molecule has 2 unspecified atom stereocenters. The molecule has 2 bridgehead atoms. The van der Waals surface area contributed by atoms with E-state index >= 15 is 0 Å². The molecule has 3 aliphatic heterocycles. The summed E-state index contributed by atoms with van der Waals surface area (Å²) in [4.78, 5) is 11.1. The van der Waals surface area contributed by atoms with Gasteiger partial charge in [-0.1, -0.05) is 0 Å². The van der Waals surface area contributed by atoms with Crippen molar-refractivity contribution >= 4 is 5.97 Å². The molecule has 3 rings (SSSR count). The van der Waals surface area contributed by atoms with Gasteiger partial charge >= 0.3 is 5.97 Å². The van der Waals surface area contributed by atoms with Crippen LogP contribution in [-0.4, -0.2) is 24.3 Å². The smallest absolute Gasteiger partial charge is 0.336 e. The van der Waals surface area contributed by atoms with Crippen LogP contribution in [0.4, 0.5) is 0 Å². The van der Waals surface area contributed by atoms with Crippen LogP contribution < -0.4 is 0 Å². The van der Waals surface area contributed by atoms with Gasteiger partial charge in [-0.2, -0.15) is 0 Å². The van der Waals surface area contributed by atoms with E-state index in [0.717, 1.165) is 18.4 Å². The van der Waals surface area contributed by atoms with Crippen LogP contribution in [0.1, 0.15) is 12.8 Å². The molecule has 1 spiro atoms. The highest BCUT2D eigenvalue weighted by molar-refractivity contribution is 5.94. The molecule has 2 fully saturated rings. The first kappa shape index (κ1) is 5.77. The second kappa shape index (κ2) is 1.50. The number of carbonyl (C=O) groups is 1. The second-order valence-electron chi connectivity index (χ2n) is 3.35. The van der Waals surface area contributed by atoms with Gasteiger partial charge in [0.2, 0.25) is 0 Å². The number of hydrogen-bond acceptors (Lipinski definition) is 3. The molecule has 3 aliphatic rings. The van der Waals surface area contributed by atoms with Crippen LogP contribution in [0.15, 0.2) is 11.6 Å². The van der Waals surface area contributed by atoms with Crippen molar-refractivity contribution in [3.05, 3.63) is 11.6 Å². The summed E-state index contributed by atoms with van der Waals surface area (Å²) in [5.74, 6) is -0.174. The summed E-state index contributed by atoms with van der Waals surface area (Å²) >= 11 is 0. The Kier molecular flexibility index (Phi) is 0.790. The molecule has 0 aromatic heterocycles. The van der Waals surface area contributed by atoms with E-state index in [0.29, 0.717) is 6.61 Å². The average Bonchev–Trinajstić information content (AvgIpc) is 2.62. The van der Waals surface area contributed by atoms with Gasteiger partial charge in [-0.25, -0.2) is 4.79 Å². The Morgan fingerprint density at radius 1 is 1.64 bits per heavy atom. The van der Waals surface area contributed by atoms with Gasteiger partial charge in [-0.3, -0.25) is 0 Å². The van der Waals surface area contributed by atoms with E-state index in [1.165, 1.54) is 0 Å². The molecule has 3 nitrogen and oxygen atoms in total. The Hall–Kier alpha value is -0.830. The third kappa shape index (κ3) is 0.518. The van der Waals surface area contributed by atoms with Crippen molar-refractivity contribution in [1.29, 1.82) is 0 Å². The molecule has 2 atom stereocenters. The Balaban J connectivity index is 2.15. The molecule has 3 heterocycles. The Bertz CT molecular complexity index is 269. The Labute approximate surface area is 64.0 Å². The first-order chi connectivity index (χ1) is 5.30. The highest BCUT2D eigenvalue weighted by atomic mass is 16.6. The highest BCUT2D eigenvalue weighted by Gasteiger charge is 2.55. The second-order valence-corrected chi connectivity index (χ2v) is 3.35. The minimum Gasteiger partial charge on any atom is -0.459 e. The fourth-order valence-corrected chi connectivity index (χ4v) is 2.13. The van der Waals surface area contributed by atoms with Gasteiger partial charge in [0.25, 0.3) is 0 Å². The third-order valence-electron chi connectivity index (χ3n) is 2.71.